The number of pyridine rings is 1. The van der Waals surface area contributed by atoms with Crippen molar-refractivity contribution in [3.8, 4) is 11.5 Å². The third-order valence-electron chi connectivity index (χ3n) is 6.80. The van der Waals surface area contributed by atoms with Crippen LogP contribution >= 0.6 is 0 Å². The number of aromatic nitrogens is 1. The van der Waals surface area contributed by atoms with E-state index in [1.54, 1.807) is 13.8 Å². The lowest BCUT2D eigenvalue weighted by Gasteiger charge is -2.32. The number of methoxy groups -OCH3 is 1. The summed E-state index contributed by atoms with van der Waals surface area (Å²) in [4.78, 5) is 42.6. The first-order valence-electron chi connectivity index (χ1n) is 14.4. The molecule has 1 N–H and O–H groups in total. The lowest BCUT2D eigenvalue weighted by molar-refractivity contribution is -0.161. The summed E-state index contributed by atoms with van der Waals surface area (Å²) < 4.78 is 28.2. The molecule has 2 rings (SSSR count). The summed E-state index contributed by atoms with van der Waals surface area (Å²) >= 11 is 0. The van der Waals surface area contributed by atoms with Crippen LogP contribution in [0.5, 0.6) is 11.5 Å². The Morgan fingerprint density at radius 1 is 1.12 bits per heavy atom. The normalized spacial score (nSPS) is 21.8. The summed E-state index contributed by atoms with van der Waals surface area (Å²) in [5.41, 5.74) is -0.0892. The standard InChI is InChI=1S/C30H48N2O8/c1-18(2)12-13-22-10-9-11-23(30(35)40-21(7)26(22)37-16-19(3)4)32-28(33)25-27(24(36-8)14-15-31-25)38-17-39-29(34)20(5)6/h14-15,18-23,26H,9-13,16-17H2,1-8H3,(H,32,33)/t21-,22+,23-,26-/m0/s1. The second kappa shape index (κ2) is 16.4. The highest BCUT2D eigenvalue weighted by Gasteiger charge is 2.35. The van der Waals surface area contributed by atoms with Crippen LogP contribution in [0.2, 0.25) is 0 Å². The van der Waals surface area contributed by atoms with E-state index in [0.29, 0.717) is 24.9 Å². The molecule has 1 amide bonds. The van der Waals surface area contributed by atoms with Gasteiger partial charge < -0.3 is 29.0 Å². The number of cyclic esters (lactones) is 1. The summed E-state index contributed by atoms with van der Waals surface area (Å²) in [5.74, 6) is -0.506. The van der Waals surface area contributed by atoms with Gasteiger partial charge in [0.1, 0.15) is 12.1 Å². The average Bonchev–Trinajstić information content (AvgIpc) is 2.94. The summed E-state index contributed by atoms with van der Waals surface area (Å²) in [6.45, 7) is 14.0. The molecule has 226 valence electrons. The van der Waals surface area contributed by atoms with Crippen molar-refractivity contribution in [1.29, 1.82) is 0 Å². The Labute approximate surface area is 238 Å². The minimum atomic E-state index is -0.871. The second-order valence-corrected chi connectivity index (χ2v) is 11.6. The maximum absolute atomic E-state index is 13.4. The van der Waals surface area contributed by atoms with Gasteiger partial charge in [0.15, 0.2) is 17.2 Å². The number of carbonyl (C=O) groups excluding carboxylic acids is 3. The maximum Gasteiger partial charge on any atom is 0.329 e. The zero-order chi connectivity index (χ0) is 29.8. The minimum Gasteiger partial charge on any atom is -0.493 e. The largest absolute Gasteiger partial charge is 0.493 e. The summed E-state index contributed by atoms with van der Waals surface area (Å²) in [5, 5.41) is 2.78. The predicted octanol–water partition coefficient (Wildman–Crippen LogP) is 4.93. The van der Waals surface area contributed by atoms with Crippen LogP contribution in [0.25, 0.3) is 0 Å². The highest BCUT2D eigenvalue weighted by molar-refractivity contribution is 5.98. The lowest BCUT2D eigenvalue weighted by atomic mass is 9.86. The number of carbonyl (C=O) groups is 3. The molecule has 1 aliphatic heterocycles. The highest BCUT2D eigenvalue weighted by Crippen LogP contribution is 2.31. The minimum absolute atomic E-state index is 0.0137. The van der Waals surface area contributed by atoms with E-state index in [1.807, 2.05) is 6.92 Å². The van der Waals surface area contributed by atoms with E-state index in [4.69, 9.17) is 23.7 Å². The first-order valence-corrected chi connectivity index (χ1v) is 14.4. The van der Waals surface area contributed by atoms with Crippen LogP contribution in [0.3, 0.4) is 0 Å². The molecule has 4 atom stereocenters. The van der Waals surface area contributed by atoms with Crippen molar-refractivity contribution in [2.24, 2.45) is 23.7 Å². The molecule has 0 aliphatic carbocycles. The molecular weight excluding hydrogens is 516 g/mol. The Hall–Kier alpha value is -2.88. The monoisotopic (exact) mass is 564 g/mol. The van der Waals surface area contributed by atoms with Gasteiger partial charge in [0, 0.05) is 18.9 Å². The van der Waals surface area contributed by atoms with Gasteiger partial charge in [-0.25, -0.2) is 9.78 Å². The molecule has 2 heterocycles. The van der Waals surface area contributed by atoms with Crippen LogP contribution in [-0.4, -0.2) is 61.6 Å². The van der Waals surface area contributed by atoms with E-state index in [0.717, 1.165) is 25.7 Å². The molecule has 10 heteroatoms. The van der Waals surface area contributed by atoms with Gasteiger partial charge in [-0.05, 0) is 43.9 Å². The Bertz CT molecular complexity index is 965. The Morgan fingerprint density at radius 2 is 1.85 bits per heavy atom. The van der Waals surface area contributed by atoms with Gasteiger partial charge in [-0.1, -0.05) is 54.4 Å². The van der Waals surface area contributed by atoms with E-state index in [-0.39, 0.29) is 35.1 Å². The number of nitrogens with one attached hydrogen (secondary N) is 1. The molecule has 1 saturated heterocycles. The Kier molecular flexibility index (Phi) is 13.7. The molecule has 10 nitrogen and oxygen atoms in total. The van der Waals surface area contributed by atoms with Gasteiger partial charge in [-0.15, -0.1) is 0 Å². The van der Waals surface area contributed by atoms with Gasteiger partial charge in [-0.3, -0.25) is 9.59 Å². The van der Waals surface area contributed by atoms with Gasteiger partial charge in [-0.2, -0.15) is 0 Å². The number of ether oxygens (including phenoxy) is 5. The van der Waals surface area contributed by atoms with Crippen LogP contribution in [-0.2, 0) is 23.8 Å². The number of amides is 1. The lowest BCUT2D eigenvalue weighted by Crippen LogP contribution is -2.44. The molecule has 0 aromatic carbocycles. The average molecular weight is 565 g/mol. The summed E-state index contributed by atoms with van der Waals surface area (Å²) in [6.07, 6.45) is 4.75. The topological polar surface area (TPSA) is 122 Å². The smallest absolute Gasteiger partial charge is 0.329 e. The number of rotatable bonds is 13. The van der Waals surface area contributed by atoms with Crippen molar-refractivity contribution in [2.45, 2.75) is 98.8 Å². The molecule has 1 aromatic heterocycles. The molecule has 0 unspecified atom stereocenters. The first-order chi connectivity index (χ1) is 18.9. The van der Waals surface area contributed by atoms with Crippen LogP contribution in [0, 0.1) is 23.7 Å². The van der Waals surface area contributed by atoms with Crippen LogP contribution in [0.1, 0.15) is 91.1 Å². The maximum atomic E-state index is 13.4. The van der Waals surface area contributed by atoms with E-state index < -0.39 is 36.8 Å². The number of hydrogen-bond donors (Lipinski definition) is 1. The van der Waals surface area contributed by atoms with Gasteiger partial charge >= 0.3 is 11.9 Å². The zero-order valence-electron chi connectivity index (χ0n) is 25.4. The Morgan fingerprint density at radius 3 is 2.48 bits per heavy atom. The second-order valence-electron chi connectivity index (χ2n) is 11.6. The molecule has 0 radical (unpaired) electrons. The fraction of sp³-hybridized carbons (Fsp3) is 0.733. The first kappa shape index (κ1) is 33.3. The predicted molar refractivity (Wildman–Crippen MR) is 150 cm³/mol. The van der Waals surface area contributed by atoms with Crippen molar-refractivity contribution in [3.63, 3.8) is 0 Å². The molecule has 0 saturated carbocycles. The van der Waals surface area contributed by atoms with Crippen molar-refractivity contribution < 1.29 is 38.1 Å². The van der Waals surface area contributed by atoms with Gasteiger partial charge in [0.05, 0.1) is 19.1 Å². The van der Waals surface area contributed by atoms with Gasteiger partial charge in [0.2, 0.25) is 6.79 Å². The molecule has 1 aliphatic rings. The van der Waals surface area contributed by atoms with E-state index in [1.165, 1.54) is 19.4 Å². The third-order valence-corrected chi connectivity index (χ3v) is 6.80. The number of hydrogen-bond acceptors (Lipinski definition) is 9. The third kappa shape index (κ3) is 10.3. The van der Waals surface area contributed by atoms with Crippen molar-refractivity contribution in [1.82, 2.24) is 10.3 Å². The molecular formula is C30H48N2O8. The van der Waals surface area contributed by atoms with Crippen molar-refractivity contribution in [3.05, 3.63) is 18.0 Å². The number of esters is 2. The van der Waals surface area contributed by atoms with Crippen LogP contribution < -0.4 is 14.8 Å². The highest BCUT2D eigenvalue weighted by atomic mass is 16.7. The summed E-state index contributed by atoms with van der Waals surface area (Å²) in [7, 11) is 1.43. The Balaban J connectivity index is 2.20. The van der Waals surface area contributed by atoms with E-state index in [2.05, 4.69) is 38.0 Å². The van der Waals surface area contributed by atoms with E-state index in [9.17, 15) is 14.4 Å². The van der Waals surface area contributed by atoms with Crippen LogP contribution in [0.4, 0.5) is 0 Å². The molecule has 40 heavy (non-hydrogen) atoms. The summed E-state index contributed by atoms with van der Waals surface area (Å²) in [6, 6.07) is 0.658. The fourth-order valence-electron chi connectivity index (χ4n) is 4.58. The van der Waals surface area contributed by atoms with Gasteiger partial charge in [0.25, 0.3) is 5.91 Å². The zero-order valence-corrected chi connectivity index (χ0v) is 25.4. The van der Waals surface area contributed by atoms with Crippen molar-refractivity contribution in [2.75, 3.05) is 20.5 Å². The van der Waals surface area contributed by atoms with Crippen molar-refractivity contribution >= 4 is 17.8 Å². The molecule has 0 spiro atoms. The molecule has 1 fully saturated rings. The molecule has 0 bridgehead atoms. The SMILES string of the molecule is COc1ccnc(C(=O)N[C@H]2CCC[C@H](CCC(C)C)[C@@H](OCC(C)C)[C@H](C)OC2=O)c1OCOC(=O)C(C)C. The molecule has 1 aromatic rings. The van der Waals surface area contributed by atoms with E-state index >= 15 is 0 Å². The quantitative estimate of drug-likeness (QED) is 0.262. The number of nitrogens with zero attached hydrogens (tertiary/aromatic N) is 1. The van der Waals surface area contributed by atoms with Crippen LogP contribution in [0.15, 0.2) is 12.3 Å². The fourth-order valence-corrected chi connectivity index (χ4v) is 4.58.